The fraction of sp³-hybridized carbons (Fsp3) is 0.900. The lowest BCUT2D eigenvalue weighted by atomic mass is 10.0. The molecule has 4 heteroatoms. The van der Waals surface area contributed by atoms with E-state index in [0.29, 0.717) is 0 Å². The van der Waals surface area contributed by atoms with E-state index in [1.165, 1.54) is 0 Å². The van der Waals surface area contributed by atoms with Gasteiger partial charge in [0.25, 0.3) is 0 Å². The van der Waals surface area contributed by atoms with Crippen molar-refractivity contribution in [2.24, 2.45) is 11.7 Å². The summed E-state index contributed by atoms with van der Waals surface area (Å²) in [4.78, 5) is 11.0. The standard InChI is InChI=1S/C10H22N2O2/c1-8(2)9(10(11)14)12-6-4-3-5-7-13/h8-9,12-13H,3-7H2,1-2H3,(H2,11,14). The molecule has 1 unspecified atom stereocenters. The van der Waals surface area contributed by atoms with E-state index in [1.54, 1.807) is 0 Å². The van der Waals surface area contributed by atoms with E-state index in [2.05, 4.69) is 5.32 Å². The van der Waals surface area contributed by atoms with Gasteiger partial charge in [-0.3, -0.25) is 4.79 Å². The number of aliphatic hydroxyl groups is 1. The van der Waals surface area contributed by atoms with Gasteiger partial charge < -0.3 is 16.2 Å². The van der Waals surface area contributed by atoms with Crippen molar-refractivity contribution in [1.82, 2.24) is 5.32 Å². The SMILES string of the molecule is CC(C)C(NCCCCCO)C(N)=O. The van der Waals surface area contributed by atoms with Gasteiger partial charge in [-0.2, -0.15) is 0 Å². The maximum Gasteiger partial charge on any atom is 0.234 e. The monoisotopic (exact) mass is 202 g/mol. The predicted octanol–water partition coefficient (Wildman–Crippen LogP) is 0.248. The molecular formula is C10H22N2O2. The number of unbranched alkanes of at least 4 members (excludes halogenated alkanes) is 2. The molecular weight excluding hydrogens is 180 g/mol. The molecule has 0 rings (SSSR count). The molecule has 1 atom stereocenters. The normalized spacial score (nSPS) is 13.1. The molecule has 1 amide bonds. The van der Waals surface area contributed by atoms with Gasteiger partial charge in [0, 0.05) is 6.61 Å². The van der Waals surface area contributed by atoms with Crippen molar-refractivity contribution in [2.75, 3.05) is 13.2 Å². The maximum absolute atomic E-state index is 11.0. The molecule has 0 saturated heterocycles. The van der Waals surface area contributed by atoms with Crippen molar-refractivity contribution in [3.05, 3.63) is 0 Å². The summed E-state index contributed by atoms with van der Waals surface area (Å²) in [5.74, 6) is -0.0625. The van der Waals surface area contributed by atoms with Crippen LogP contribution in [0.25, 0.3) is 0 Å². The minimum atomic E-state index is -0.290. The molecule has 0 aromatic carbocycles. The number of aliphatic hydroxyl groups excluding tert-OH is 1. The van der Waals surface area contributed by atoms with Crippen LogP contribution in [-0.4, -0.2) is 30.2 Å². The molecule has 0 radical (unpaired) electrons. The Hall–Kier alpha value is -0.610. The summed E-state index contributed by atoms with van der Waals surface area (Å²) in [7, 11) is 0. The fourth-order valence-corrected chi connectivity index (χ4v) is 1.34. The van der Waals surface area contributed by atoms with Crippen LogP contribution in [0, 0.1) is 5.92 Å². The lowest BCUT2D eigenvalue weighted by molar-refractivity contribution is -0.121. The third-order valence-corrected chi connectivity index (χ3v) is 2.17. The Kier molecular flexibility index (Phi) is 7.42. The molecule has 0 bridgehead atoms. The highest BCUT2D eigenvalue weighted by molar-refractivity contribution is 5.80. The molecule has 0 heterocycles. The molecule has 0 fully saturated rings. The zero-order chi connectivity index (χ0) is 11.0. The molecule has 0 saturated carbocycles. The van der Waals surface area contributed by atoms with Gasteiger partial charge in [0.05, 0.1) is 6.04 Å². The summed E-state index contributed by atoms with van der Waals surface area (Å²) in [5.41, 5.74) is 5.24. The lowest BCUT2D eigenvalue weighted by Crippen LogP contribution is -2.45. The second-order valence-electron chi connectivity index (χ2n) is 3.86. The number of primary amides is 1. The summed E-state index contributed by atoms with van der Waals surface area (Å²) in [6.07, 6.45) is 2.77. The van der Waals surface area contributed by atoms with Crippen LogP contribution < -0.4 is 11.1 Å². The first-order valence-corrected chi connectivity index (χ1v) is 5.23. The highest BCUT2D eigenvalue weighted by Crippen LogP contribution is 2.01. The van der Waals surface area contributed by atoms with Crippen LogP contribution in [0.5, 0.6) is 0 Å². The Labute approximate surface area is 85.9 Å². The van der Waals surface area contributed by atoms with Crippen LogP contribution in [0.15, 0.2) is 0 Å². The Morgan fingerprint density at radius 2 is 2.00 bits per heavy atom. The molecule has 4 nitrogen and oxygen atoms in total. The van der Waals surface area contributed by atoms with E-state index < -0.39 is 0 Å². The van der Waals surface area contributed by atoms with E-state index in [4.69, 9.17) is 10.8 Å². The Morgan fingerprint density at radius 3 is 2.43 bits per heavy atom. The summed E-state index contributed by atoms with van der Waals surface area (Å²) in [6, 6.07) is -0.232. The van der Waals surface area contributed by atoms with E-state index in [1.807, 2.05) is 13.8 Å². The number of amides is 1. The first kappa shape index (κ1) is 13.4. The average molecular weight is 202 g/mol. The number of rotatable bonds is 8. The lowest BCUT2D eigenvalue weighted by Gasteiger charge is -2.18. The van der Waals surface area contributed by atoms with Gasteiger partial charge in [-0.1, -0.05) is 13.8 Å². The number of nitrogens with one attached hydrogen (secondary N) is 1. The van der Waals surface area contributed by atoms with Gasteiger partial charge in [-0.05, 0) is 31.7 Å². The summed E-state index contributed by atoms with van der Waals surface area (Å²) < 4.78 is 0. The van der Waals surface area contributed by atoms with Crippen molar-refractivity contribution < 1.29 is 9.90 Å². The van der Waals surface area contributed by atoms with Gasteiger partial charge in [0.15, 0.2) is 0 Å². The minimum Gasteiger partial charge on any atom is -0.396 e. The first-order chi connectivity index (χ1) is 6.59. The number of carbonyl (C=O) groups excluding carboxylic acids is 1. The molecule has 0 aromatic heterocycles. The third-order valence-electron chi connectivity index (χ3n) is 2.17. The number of carbonyl (C=O) groups is 1. The quantitative estimate of drug-likeness (QED) is 0.494. The van der Waals surface area contributed by atoms with Crippen LogP contribution in [0.2, 0.25) is 0 Å². The van der Waals surface area contributed by atoms with Crippen LogP contribution in [0.1, 0.15) is 33.1 Å². The predicted molar refractivity (Wildman–Crippen MR) is 56.8 cm³/mol. The van der Waals surface area contributed by atoms with Crippen molar-refractivity contribution in [2.45, 2.75) is 39.2 Å². The molecule has 84 valence electrons. The Morgan fingerprint density at radius 1 is 1.36 bits per heavy atom. The zero-order valence-corrected chi connectivity index (χ0v) is 9.12. The van der Waals surface area contributed by atoms with Gasteiger partial charge in [-0.25, -0.2) is 0 Å². The van der Waals surface area contributed by atoms with Crippen molar-refractivity contribution in [3.8, 4) is 0 Å². The van der Waals surface area contributed by atoms with Crippen LogP contribution in [0.3, 0.4) is 0 Å². The Balaban J connectivity index is 3.57. The first-order valence-electron chi connectivity index (χ1n) is 5.23. The molecule has 0 aliphatic heterocycles. The third kappa shape index (κ3) is 5.94. The number of nitrogens with two attached hydrogens (primary N) is 1. The second-order valence-corrected chi connectivity index (χ2v) is 3.86. The highest BCUT2D eigenvalue weighted by Gasteiger charge is 2.17. The van der Waals surface area contributed by atoms with Gasteiger partial charge >= 0.3 is 0 Å². The van der Waals surface area contributed by atoms with Crippen molar-refractivity contribution in [3.63, 3.8) is 0 Å². The smallest absolute Gasteiger partial charge is 0.234 e. The van der Waals surface area contributed by atoms with Crippen LogP contribution in [-0.2, 0) is 4.79 Å². The van der Waals surface area contributed by atoms with Gasteiger partial charge in [0.2, 0.25) is 5.91 Å². The number of hydrogen-bond acceptors (Lipinski definition) is 3. The van der Waals surface area contributed by atoms with Gasteiger partial charge in [0.1, 0.15) is 0 Å². The van der Waals surface area contributed by atoms with Crippen LogP contribution in [0.4, 0.5) is 0 Å². The molecule has 0 aliphatic carbocycles. The number of hydrogen-bond donors (Lipinski definition) is 3. The molecule has 4 N–H and O–H groups in total. The largest absolute Gasteiger partial charge is 0.396 e. The maximum atomic E-state index is 11.0. The van der Waals surface area contributed by atoms with Gasteiger partial charge in [-0.15, -0.1) is 0 Å². The highest BCUT2D eigenvalue weighted by atomic mass is 16.2. The zero-order valence-electron chi connectivity index (χ0n) is 9.12. The van der Waals surface area contributed by atoms with E-state index in [9.17, 15) is 4.79 Å². The second kappa shape index (κ2) is 7.76. The molecule has 0 spiro atoms. The van der Waals surface area contributed by atoms with Crippen molar-refractivity contribution >= 4 is 5.91 Å². The summed E-state index contributed by atoms with van der Waals surface area (Å²) >= 11 is 0. The molecule has 0 aliphatic rings. The molecule has 0 aromatic rings. The average Bonchev–Trinajstić information content (AvgIpc) is 2.09. The van der Waals surface area contributed by atoms with E-state index in [-0.39, 0.29) is 24.5 Å². The topological polar surface area (TPSA) is 75.3 Å². The minimum absolute atomic E-state index is 0.227. The van der Waals surface area contributed by atoms with E-state index in [0.717, 1.165) is 25.8 Å². The fourth-order valence-electron chi connectivity index (χ4n) is 1.34. The van der Waals surface area contributed by atoms with Crippen LogP contribution >= 0.6 is 0 Å². The van der Waals surface area contributed by atoms with E-state index >= 15 is 0 Å². The molecule has 14 heavy (non-hydrogen) atoms. The summed E-state index contributed by atoms with van der Waals surface area (Å²) in [5, 5.41) is 11.7. The Bertz CT molecular complexity index is 160. The van der Waals surface area contributed by atoms with Crippen molar-refractivity contribution in [1.29, 1.82) is 0 Å². The summed E-state index contributed by atoms with van der Waals surface area (Å²) in [6.45, 7) is 4.96.